The molecule has 0 atom stereocenters. The van der Waals surface area contributed by atoms with Crippen molar-refractivity contribution in [1.82, 2.24) is 4.98 Å². The third-order valence-electron chi connectivity index (χ3n) is 3.85. The predicted octanol–water partition coefficient (Wildman–Crippen LogP) is 4.41. The van der Waals surface area contributed by atoms with Crippen molar-refractivity contribution in [3.63, 3.8) is 0 Å². The quantitative estimate of drug-likeness (QED) is 0.537. The van der Waals surface area contributed by atoms with Gasteiger partial charge in [0.1, 0.15) is 0 Å². The summed E-state index contributed by atoms with van der Waals surface area (Å²) in [7, 11) is -3.32. The van der Waals surface area contributed by atoms with Gasteiger partial charge in [-0.15, -0.1) is 11.3 Å². The molecular weight excluding hydrogens is 414 g/mol. The Balaban J connectivity index is 1.65. The summed E-state index contributed by atoms with van der Waals surface area (Å²) in [6.07, 6.45) is 0. The van der Waals surface area contributed by atoms with Gasteiger partial charge in [0.25, 0.3) is 0 Å². The summed E-state index contributed by atoms with van der Waals surface area (Å²) in [6, 6.07) is 11.2. The average Bonchev–Trinajstić information content (AvgIpc) is 3.01. The van der Waals surface area contributed by atoms with E-state index in [1.165, 1.54) is 23.1 Å². The third-order valence-corrected chi connectivity index (χ3v) is 7.32. The molecule has 1 heterocycles. The lowest BCUT2D eigenvalue weighted by molar-refractivity contribution is -0.113. The lowest BCUT2D eigenvalue weighted by atomic mass is 10.1. The van der Waals surface area contributed by atoms with Crippen LogP contribution in [-0.2, 0) is 14.8 Å². The maximum Gasteiger partial charge on any atom is 0.234 e. The maximum absolute atomic E-state index is 12.2. The van der Waals surface area contributed by atoms with Crippen molar-refractivity contribution in [2.24, 2.45) is 0 Å². The second kappa shape index (κ2) is 8.50. The molecule has 0 spiro atoms. The lowest BCUT2D eigenvalue weighted by Gasteiger charge is -2.06. The molecule has 2 aromatic carbocycles. The van der Waals surface area contributed by atoms with Gasteiger partial charge in [-0.25, -0.2) is 13.4 Å². The number of fused-ring (bicyclic) bond motifs is 1. The summed E-state index contributed by atoms with van der Waals surface area (Å²) in [4.78, 5) is 16.7. The van der Waals surface area contributed by atoms with Gasteiger partial charge in [0.15, 0.2) is 4.34 Å². The number of hydrogen-bond acceptors (Lipinski definition) is 6. The van der Waals surface area contributed by atoms with E-state index >= 15 is 0 Å². The first-order valence-corrected chi connectivity index (χ1v) is 12.1. The fourth-order valence-corrected chi connectivity index (χ4v) is 5.19. The van der Waals surface area contributed by atoms with Gasteiger partial charge in [0.05, 0.1) is 27.4 Å². The molecular formula is C19H21N3O3S3. The molecule has 148 valence electrons. The van der Waals surface area contributed by atoms with Crippen LogP contribution in [0.2, 0.25) is 0 Å². The molecule has 0 aliphatic heterocycles. The van der Waals surface area contributed by atoms with E-state index in [-0.39, 0.29) is 17.4 Å². The van der Waals surface area contributed by atoms with Gasteiger partial charge in [-0.05, 0) is 62.2 Å². The van der Waals surface area contributed by atoms with Crippen LogP contribution in [0, 0.1) is 13.8 Å². The third kappa shape index (κ3) is 5.46. The zero-order valence-electron chi connectivity index (χ0n) is 15.8. The minimum Gasteiger partial charge on any atom is -0.325 e. The van der Waals surface area contributed by atoms with Gasteiger partial charge in [-0.3, -0.25) is 9.52 Å². The van der Waals surface area contributed by atoms with E-state index in [4.69, 9.17) is 0 Å². The molecule has 0 fully saturated rings. The Kier molecular flexibility index (Phi) is 6.26. The number of thiazole rings is 1. The number of nitrogens with one attached hydrogen (secondary N) is 2. The number of thioether (sulfide) groups is 1. The van der Waals surface area contributed by atoms with Crippen molar-refractivity contribution < 1.29 is 13.2 Å². The number of rotatable bonds is 7. The van der Waals surface area contributed by atoms with E-state index in [1.54, 1.807) is 25.1 Å². The van der Waals surface area contributed by atoms with Crippen LogP contribution in [0.3, 0.4) is 0 Å². The summed E-state index contributed by atoms with van der Waals surface area (Å²) >= 11 is 2.80. The van der Waals surface area contributed by atoms with Gasteiger partial charge in [-0.2, -0.15) is 0 Å². The number of benzene rings is 2. The number of sulfonamides is 1. The topological polar surface area (TPSA) is 88.2 Å². The monoisotopic (exact) mass is 435 g/mol. The summed E-state index contributed by atoms with van der Waals surface area (Å²) < 4.78 is 27.6. The molecule has 1 amide bonds. The highest BCUT2D eigenvalue weighted by Crippen LogP contribution is 2.31. The average molecular weight is 436 g/mol. The normalized spacial score (nSPS) is 11.5. The molecule has 9 heteroatoms. The van der Waals surface area contributed by atoms with Crippen LogP contribution in [0.4, 0.5) is 11.4 Å². The molecule has 3 rings (SSSR count). The Morgan fingerprint density at radius 2 is 1.82 bits per heavy atom. The molecule has 0 unspecified atom stereocenters. The molecule has 6 nitrogen and oxygen atoms in total. The number of nitrogens with zero attached hydrogens (tertiary/aromatic N) is 1. The molecule has 0 aliphatic rings. The first-order chi connectivity index (χ1) is 13.2. The summed E-state index contributed by atoms with van der Waals surface area (Å²) in [5.74, 6) is 0.178. The Labute approximate surface area is 172 Å². The second-order valence-corrected chi connectivity index (χ2v) is 10.6. The van der Waals surface area contributed by atoms with Crippen LogP contribution in [0.25, 0.3) is 10.2 Å². The molecule has 1 aromatic heterocycles. The maximum atomic E-state index is 12.2. The zero-order valence-corrected chi connectivity index (χ0v) is 18.2. The van der Waals surface area contributed by atoms with Gasteiger partial charge >= 0.3 is 0 Å². The zero-order chi connectivity index (χ0) is 20.3. The molecule has 28 heavy (non-hydrogen) atoms. The highest BCUT2D eigenvalue weighted by molar-refractivity contribution is 8.01. The van der Waals surface area contributed by atoms with Gasteiger partial charge in [-0.1, -0.05) is 17.8 Å². The Bertz CT molecular complexity index is 1100. The van der Waals surface area contributed by atoms with E-state index in [1.807, 2.05) is 26.0 Å². The number of aryl methyl sites for hydroxylation is 2. The summed E-state index contributed by atoms with van der Waals surface area (Å²) in [6.45, 7) is 5.58. The molecule has 0 saturated heterocycles. The van der Waals surface area contributed by atoms with E-state index in [9.17, 15) is 13.2 Å². The highest BCUT2D eigenvalue weighted by atomic mass is 32.2. The van der Waals surface area contributed by atoms with Crippen molar-refractivity contribution >= 4 is 60.6 Å². The van der Waals surface area contributed by atoms with Crippen molar-refractivity contribution in [1.29, 1.82) is 0 Å². The van der Waals surface area contributed by atoms with Gasteiger partial charge in [0, 0.05) is 5.69 Å². The fourth-order valence-electron chi connectivity index (χ4n) is 2.65. The lowest BCUT2D eigenvalue weighted by Crippen LogP contribution is -2.14. The number of hydrogen-bond donors (Lipinski definition) is 2. The number of amides is 1. The SMILES string of the molecule is CCS(=O)(=O)Nc1ccc2nc(SCC(=O)Nc3cc(C)cc(C)c3)sc2c1. The predicted molar refractivity (Wildman–Crippen MR) is 118 cm³/mol. The minimum absolute atomic E-state index is 0.0183. The van der Waals surface area contributed by atoms with Crippen molar-refractivity contribution in [2.45, 2.75) is 25.1 Å². The number of carbonyl (C=O) groups excluding carboxylic acids is 1. The Hall–Kier alpha value is -2.10. The smallest absolute Gasteiger partial charge is 0.234 e. The van der Waals surface area contributed by atoms with E-state index < -0.39 is 10.0 Å². The number of aromatic nitrogens is 1. The molecule has 0 radical (unpaired) electrons. The summed E-state index contributed by atoms with van der Waals surface area (Å²) in [5, 5.41) is 2.91. The van der Waals surface area contributed by atoms with E-state index in [0.29, 0.717) is 5.69 Å². The Morgan fingerprint density at radius 1 is 1.11 bits per heavy atom. The largest absolute Gasteiger partial charge is 0.325 e. The van der Waals surface area contributed by atoms with Crippen LogP contribution >= 0.6 is 23.1 Å². The van der Waals surface area contributed by atoms with Gasteiger partial charge < -0.3 is 5.32 Å². The van der Waals surface area contributed by atoms with Crippen molar-refractivity contribution in [3.05, 3.63) is 47.5 Å². The van der Waals surface area contributed by atoms with Crippen molar-refractivity contribution in [3.8, 4) is 0 Å². The van der Waals surface area contributed by atoms with E-state index in [2.05, 4.69) is 21.1 Å². The first kappa shape index (κ1) is 20.6. The van der Waals surface area contributed by atoms with Crippen molar-refractivity contribution in [2.75, 3.05) is 21.5 Å². The summed E-state index contributed by atoms with van der Waals surface area (Å²) in [5.41, 5.74) is 4.29. The first-order valence-electron chi connectivity index (χ1n) is 8.66. The molecule has 0 bridgehead atoms. The highest BCUT2D eigenvalue weighted by Gasteiger charge is 2.11. The van der Waals surface area contributed by atoms with Crippen LogP contribution in [0.1, 0.15) is 18.1 Å². The standard InChI is InChI=1S/C19H21N3O3S3/c1-4-28(24,25)22-14-5-6-16-17(10-14)27-19(21-16)26-11-18(23)20-15-8-12(2)7-13(3)9-15/h5-10,22H,4,11H2,1-3H3,(H,20,23). The van der Waals surface area contributed by atoms with Gasteiger partial charge in [0.2, 0.25) is 15.9 Å². The van der Waals surface area contributed by atoms with Crippen LogP contribution in [-0.4, -0.2) is 30.8 Å². The molecule has 3 aromatic rings. The number of anilines is 2. The molecule has 0 aliphatic carbocycles. The van der Waals surface area contributed by atoms with Crippen LogP contribution in [0.15, 0.2) is 40.7 Å². The van der Waals surface area contributed by atoms with Crippen LogP contribution in [0.5, 0.6) is 0 Å². The Morgan fingerprint density at radius 3 is 2.50 bits per heavy atom. The van der Waals surface area contributed by atoms with E-state index in [0.717, 1.165) is 31.4 Å². The fraction of sp³-hybridized carbons (Fsp3) is 0.263. The number of carbonyl (C=O) groups is 1. The molecule has 2 N–H and O–H groups in total. The van der Waals surface area contributed by atoms with Crippen LogP contribution < -0.4 is 10.0 Å². The minimum atomic E-state index is -3.32. The second-order valence-electron chi connectivity index (χ2n) is 6.38. The molecule has 0 saturated carbocycles.